The van der Waals surface area contributed by atoms with E-state index >= 15 is 0 Å². The van der Waals surface area contributed by atoms with Gasteiger partial charge < -0.3 is 5.73 Å². The van der Waals surface area contributed by atoms with Gasteiger partial charge in [-0.2, -0.15) is 0 Å². The molecule has 1 nitrogen and oxygen atoms in total. The Morgan fingerprint density at radius 1 is 1.00 bits per heavy atom. The van der Waals surface area contributed by atoms with Crippen molar-refractivity contribution in [2.75, 3.05) is 0 Å². The highest BCUT2D eigenvalue weighted by Gasteiger charge is 2.20. The average Bonchev–Trinajstić information content (AvgIpc) is 2.41. The van der Waals surface area contributed by atoms with Crippen LogP contribution >= 0.6 is 35.8 Å². The van der Waals surface area contributed by atoms with E-state index in [1.54, 1.807) is 36.4 Å². The number of hydrogen-bond donors (Lipinski definition) is 1. The third kappa shape index (κ3) is 4.35. The summed E-state index contributed by atoms with van der Waals surface area (Å²) in [6.07, 6.45) is -2.58. The van der Waals surface area contributed by atoms with Crippen LogP contribution in [0.2, 0.25) is 5.02 Å². The SMILES string of the molecule is Cl.N[C@@H](c1ccccc1Sc1ccc(Cl)cc1)C(F)F. The Bertz CT molecular complexity index is 549. The first-order chi connectivity index (χ1) is 9.08. The van der Waals surface area contributed by atoms with Crippen molar-refractivity contribution in [1.29, 1.82) is 0 Å². The first-order valence-corrected chi connectivity index (χ1v) is 6.83. The van der Waals surface area contributed by atoms with Gasteiger partial charge in [0.25, 0.3) is 6.43 Å². The second-order valence-corrected chi connectivity index (χ2v) is 5.51. The lowest BCUT2D eigenvalue weighted by Crippen LogP contribution is -2.19. The summed E-state index contributed by atoms with van der Waals surface area (Å²) in [5.74, 6) is 0. The Balaban J connectivity index is 0.00000200. The van der Waals surface area contributed by atoms with Gasteiger partial charge in [0.05, 0.1) is 6.04 Å². The van der Waals surface area contributed by atoms with Crippen LogP contribution in [-0.2, 0) is 0 Å². The Morgan fingerprint density at radius 3 is 2.20 bits per heavy atom. The summed E-state index contributed by atoms with van der Waals surface area (Å²) in [5, 5.41) is 0.641. The van der Waals surface area contributed by atoms with Crippen molar-refractivity contribution in [1.82, 2.24) is 0 Å². The number of hydrogen-bond acceptors (Lipinski definition) is 2. The summed E-state index contributed by atoms with van der Waals surface area (Å²) in [6, 6.07) is 12.9. The van der Waals surface area contributed by atoms with Crippen LogP contribution in [0.5, 0.6) is 0 Å². The molecule has 0 unspecified atom stereocenters. The molecule has 20 heavy (non-hydrogen) atoms. The Labute approximate surface area is 131 Å². The second kappa shape index (κ2) is 7.84. The highest BCUT2D eigenvalue weighted by Crippen LogP contribution is 2.34. The van der Waals surface area contributed by atoms with E-state index in [-0.39, 0.29) is 12.4 Å². The smallest absolute Gasteiger partial charge is 0.257 e. The molecule has 0 aliphatic heterocycles. The van der Waals surface area contributed by atoms with E-state index in [9.17, 15) is 8.78 Å². The molecule has 0 saturated heterocycles. The average molecular weight is 336 g/mol. The van der Waals surface area contributed by atoms with Crippen molar-refractivity contribution in [2.45, 2.75) is 22.3 Å². The molecule has 0 radical (unpaired) electrons. The molecule has 0 spiro atoms. The molecule has 0 heterocycles. The molecule has 108 valence electrons. The van der Waals surface area contributed by atoms with Crippen LogP contribution in [0.15, 0.2) is 58.3 Å². The van der Waals surface area contributed by atoms with E-state index in [1.807, 2.05) is 12.1 Å². The molecule has 0 bridgehead atoms. The van der Waals surface area contributed by atoms with Gasteiger partial charge in [0.2, 0.25) is 0 Å². The lowest BCUT2D eigenvalue weighted by molar-refractivity contribution is 0.115. The second-order valence-electron chi connectivity index (χ2n) is 3.95. The Morgan fingerprint density at radius 2 is 1.60 bits per heavy atom. The van der Waals surface area contributed by atoms with Crippen LogP contribution in [0.4, 0.5) is 8.78 Å². The predicted octanol–water partition coefficient (Wildman–Crippen LogP) is 5.18. The highest BCUT2D eigenvalue weighted by molar-refractivity contribution is 7.99. The summed E-state index contributed by atoms with van der Waals surface area (Å²) in [4.78, 5) is 1.66. The summed E-state index contributed by atoms with van der Waals surface area (Å²) in [7, 11) is 0. The van der Waals surface area contributed by atoms with Crippen LogP contribution in [-0.4, -0.2) is 6.43 Å². The summed E-state index contributed by atoms with van der Waals surface area (Å²) >= 11 is 7.21. The zero-order valence-corrected chi connectivity index (χ0v) is 12.7. The number of alkyl halides is 2. The van der Waals surface area contributed by atoms with Gasteiger partial charge in [-0.1, -0.05) is 41.6 Å². The number of rotatable bonds is 4. The first kappa shape index (κ1) is 17.2. The summed E-state index contributed by atoms with van der Waals surface area (Å²) in [6.45, 7) is 0. The van der Waals surface area contributed by atoms with Gasteiger partial charge in [0.1, 0.15) is 0 Å². The molecule has 2 rings (SSSR count). The van der Waals surface area contributed by atoms with E-state index in [1.165, 1.54) is 11.8 Å². The molecule has 1 atom stereocenters. The van der Waals surface area contributed by atoms with E-state index in [2.05, 4.69) is 0 Å². The minimum absolute atomic E-state index is 0. The van der Waals surface area contributed by atoms with Crippen molar-refractivity contribution >= 4 is 35.8 Å². The van der Waals surface area contributed by atoms with Crippen molar-refractivity contribution in [3.63, 3.8) is 0 Å². The maximum atomic E-state index is 12.7. The molecule has 0 fully saturated rings. The fourth-order valence-corrected chi connectivity index (χ4v) is 2.73. The monoisotopic (exact) mass is 335 g/mol. The zero-order chi connectivity index (χ0) is 13.8. The van der Waals surface area contributed by atoms with Crippen molar-refractivity contribution in [3.05, 3.63) is 59.1 Å². The standard InChI is InChI=1S/C14H12ClF2NS.ClH/c15-9-5-7-10(8-6-9)19-12-4-2-1-3-11(12)13(18)14(16)17;/h1-8,13-14H,18H2;1H/t13-;/m0./s1. The molecule has 0 amide bonds. The lowest BCUT2D eigenvalue weighted by atomic mass is 10.1. The van der Waals surface area contributed by atoms with Gasteiger partial charge in [-0.05, 0) is 35.9 Å². The molecule has 0 aliphatic carbocycles. The number of nitrogens with two attached hydrogens (primary N) is 1. The van der Waals surface area contributed by atoms with Crippen molar-refractivity contribution < 1.29 is 8.78 Å². The first-order valence-electron chi connectivity index (χ1n) is 5.64. The molecular formula is C14H13Cl2F2NS. The Hall–Kier alpha value is -0.810. The quantitative estimate of drug-likeness (QED) is 0.833. The topological polar surface area (TPSA) is 26.0 Å². The van der Waals surface area contributed by atoms with Crippen LogP contribution in [0.3, 0.4) is 0 Å². The Kier molecular flexibility index (Phi) is 6.76. The molecule has 6 heteroatoms. The molecule has 2 N–H and O–H groups in total. The molecular weight excluding hydrogens is 323 g/mol. The largest absolute Gasteiger partial charge is 0.319 e. The van der Waals surface area contributed by atoms with Crippen molar-refractivity contribution in [3.8, 4) is 0 Å². The summed E-state index contributed by atoms with van der Waals surface area (Å²) in [5.41, 5.74) is 5.99. The lowest BCUT2D eigenvalue weighted by Gasteiger charge is -2.15. The van der Waals surface area contributed by atoms with Gasteiger partial charge in [0, 0.05) is 14.8 Å². The third-order valence-corrected chi connectivity index (χ3v) is 3.94. The predicted molar refractivity (Wildman–Crippen MR) is 82.2 cm³/mol. The van der Waals surface area contributed by atoms with Crippen LogP contribution in [0, 0.1) is 0 Å². The van der Waals surface area contributed by atoms with Gasteiger partial charge in [-0.3, -0.25) is 0 Å². The normalized spacial score (nSPS) is 12.1. The van der Waals surface area contributed by atoms with Crippen LogP contribution in [0.25, 0.3) is 0 Å². The summed E-state index contributed by atoms with van der Waals surface area (Å²) < 4.78 is 25.5. The van der Waals surface area contributed by atoms with E-state index in [0.717, 1.165) is 9.79 Å². The molecule has 0 aliphatic rings. The third-order valence-electron chi connectivity index (χ3n) is 2.59. The number of benzene rings is 2. The van der Waals surface area contributed by atoms with Gasteiger partial charge in [0.15, 0.2) is 0 Å². The maximum Gasteiger partial charge on any atom is 0.257 e. The van der Waals surface area contributed by atoms with E-state index in [0.29, 0.717) is 10.6 Å². The van der Waals surface area contributed by atoms with Gasteiger partial charge in [-0.25, -0.2) is 8.78 Å². The minimum Gasteiger partial charge on any atom is -0.319 e. The van der Waals surface area contributed by atoms with Crippen LogP contribution < -0.4 is 5.73 Å². The zero-order valence-electron chi connectivity index (χ0n) is 10.3. The van der Waals surface area contributed by atoms with Crippen molar-refractivity contribution in [2.24, 2.45) is 5.73 Å². The maximum absolute atomic E-state index is 12.7. The van der Waals surface area contributed by atoms with E-state index in [4.69, 9.17) is 17.3 Å². The molecule has 2 aromatic rings. The fraction of sp³-hybridized carbons (Fsp3) is 0.143. The number of halogens is 4. The fourth-order valence-electron chi connectivity index (χ4n) is 1.61. The van der Waals surface area contributed by atoms with Crippen LogP contribution in [0.1, 0.15) is 11.6 Å². The minimum atomic E-state index is -2.58. The van der Waals surface area contributed by atoms with Gasteiger partial charge in [-0.15, -0.1) is 12.4 Å². The molecule has 0 saturated carbocycles. The van der Waals surface area contributed by atoms with E-state index < -0.39 is 12.5 Å². The highest BCUT2D eigenvalue weighted by atomic mass is 35.5. The molecule has 0 aromatic heterocycles. The molecule has 2 aromatic carbocycles. The van der Waals surface area contributed by atoms with Gasteiger partial charge >= 0.3 is 0 Å².